The number of carbonyl (C=O) groups is 1. The van der Waals surface area contributed by atoms with E-state index in [-0.39, 0.29) is 5.91 Å². The van der Waals surface area contributed by atoms with Crippen LogP contribution >= 0.6 is 23.2 Å². The minimum absolute atomic E-state index is 0.287. The van der Waals surface area contributed by atoms with Crippen LogP contribution in [0.15, 0.2) is 36.4 Å². The highest BCUT2D eigenvalue weighted by molar-refractivity contribution is 6.37. The number of nitrogens with one attached hydrogen (secondary N) is 1. The standard InChI is InChI=1S/C18H19Cl2NO4/c1-3-24-17-15(19)10-12(11-16(17)20)18(22)21-8-9-25-14-6-4-13(23-2)5-7-14/h4-7,10-11H,3,8-9H2,1-2H3,(H,21,22). The van der Waals surface area contributed by atoms with Crippen LogP contribution in [-0.2, 0) is 0 Å². The topological polar surface area (TPSA) is 56.8 Å². The second-order valence-corrected chi connectivity index (χ2v) is 5.80. The molecular formula is C18H19Cl2NO4. The molecule has 25 heavy (non-hydrogen) atoms. The first-order chi connectivity index (χ1) is 12.0. The summed E-state index contributed by atoms with van der Waals surface area (Å²) < 4.78 is 16.0. The van der Waals surface area contributed by atoms with E-state index < -0.39 is 0 Å². The average Bonchev–Trinajstić information content (AvgIpc) is 2.62. The fourth-order valence-electron chi connectivity index (χ4n) is 2.08. The van der Waals surface area contributed by atoms with Crippen LogP contribution < -0.4 is 19.5 Å². The van der Waals surface area contributed by atoms with Crippen molar-refractivity contribution in [2.24, 2.45) is 0 Å². The molecule has 7 heteroatoms. The maximum atomic E-state index is 12.2. The van der Waals surface area contributed by atoms with Gasteiger partial charge in [-0.2, -0.15) is 0 Å². The normalized spacial score (nSPS) is 10.2. The number of amides is 1. The lowest BCUT2D eigenvalue weighted by molar-refractivity contribution is 0.0947. The Bertz CT molecular complexity index is 697. The molecule has 0 radical (unpaired) electrons. The average molecular weight is 384 g/mol. The Morgan fingerprint density at radius 2 is 1.64 bits per heavy atom. The van der Waals surface area contributed by atoms with Crippen LogP contribution in [0.3, 0.4) is 0 Å². The summed E-state index contributed by atoms with van der Waals surface area (Å²) in [5.41, 5.74) is 0.364. The third kappa shape index (κ3) is 5.44. The van der Waals surface area contributed by atoms with Crippen molar-refractivity contribution in [1.82, 2.24) is 5.32 Å². The summed E-state index contributed by atoms with van der Waals surface area (Å²) in [6, 6.07) is 10.3. The van der Waals surface area contributed by atoms with Crippen molar-refractivity contribution in [1.29, 1.82) is 0 Å². The highest BCUT2D eigenvalue weighted by Gasteiger charge is 2.13. The largest absolute Gasteiger partial charge is 0.497 e. The van der Waals surface area contributed by atoms with Crippen LogP contribution in [0.5, 0.6) is 17.2 Å². The van der Waals surface area contributed by atoms with Gasteiger partial charge in [0.1, 0.15) is 18.1 Å². The molecule has 0 spiro atoms. The van der Waals surface area contributed by atoms with Gasteiger partial charge in [-0.05, 0) is 43.3 Å². The lowest BCUT2D eigenvalue weighted by Crippen LogP contribution is -2.28. The van der Waals surface area contributed by atoms with Gasteiger partial charge < -0.3 is 19.5 Å². The van der Waals surface area contributed by atoms with Gasteiger partial charge in [-0.25, -0.2) is 0 Å². The maximum Gasteiger partial charge on any atom is 0.251 e. The van der Waals surface area contributed by atoms with Crippen LogP contribution in [0.2, 0.25) is 10.0 Å². The number of hydrogen-bond donors (Lipinski definition) is 1. The SMILES string of the molecule is CCOc1c(Cl)cc(C(=O)NCCOc2ccc(OC)cc2)cc1Cl. The quantitative estimate of drug-likeness (QED) is 0.693. The van der Waals surface area contributed by atoms with Crippen LogP contribution in [0.25, 0.3) is 0 Å². The lowest BCUT2D eigenvalue weighted by atomic mass is 10.2. The van der Waals surface area contributed by atoms with Crippen molar-refractivity contribution in [3.05, 3.63) is 52.0 Å². The smallest absolute Gasteiger partial charge is 0.251 e. The van der Waals surface area contributed by atoms with Gasteiger partial charge in [0.2, 0.25) is 0 Å². The summed E-state index contributed by atoms with van der Waals surface area (Å²) >= 11 is 12.2. The van der Waals surface area contributed by atoms with Gasteiger partial charge in [0, 0.05) is 5.56 Å². The summed E-state index contributed by atoms with van der Waals surface area (Å²) in [5.74, 6) is 1.54. The number of hydrogen-bond acceptors (Lipinski definition) is 4. The molecule has 5 nitrogen and oxygen atoms in total. The van der Waals surface area contributed by atoms with E-state index in [9.17, 15) is 4.79 Å². The molecule has 0 aliphatic rings. The molecule has 0 heterocycles. The van der Waals surface area contributed by atoms with Crippen molar-refractivity contribution in [3.63, 3.8) is 0 Å². The molecule has 134 valence electrons. The number of ether oxygens (including phenoxy) is 3. The molecule has 0 unspecified atom stereocenters. The first-order valence-corrected chi connectivity index (χ1v) is 8.47. The van der Waals surface area contributed by atoms with Crippen molar-refractivity contribution < 1.29 is 19.0 Å². The van der Waals surface area contributed by atoms with E-state index in [2.05, 4.69) is 5.32 Å². The number of rotatable bonds is 8. The van der Waals surface area contributed by atoms with Gasteiger partial charge in [0.05, 0.1) is 30.3 Å². The molecule has 0 fully saturated rings. The van der Waals surface area contributed by atoms with Crippen molar-refractivity contribution in [2.45, 2.75) is 6.92 Å². The zero-order chi connectivity index (χ0) is 18.2. The molecule has 0 aliphatic carbocycles. The van der Waals surface area contributed by atoms with Gasteiger partial charge in [0.15, 0.2) is 5.75 Å². The minimum atomic E-state index is -0.287. The highest BCUT2D eigenvalue weighted by Crippen LogP contribution is 2.34. The molecule has 0 aliphatic heterocycles. The molecule has 1 amide bonds. The fourth-order valence-corrected chi connectivity index (χ4v) is 2.68. The van der Waals surface area contributed by atoms with Gasteiger partial charge in [-0.15, -0.1) is 0 Å². The van der Waals surface area contributed by atoms with Gasteiger partial charge in [-0.3, -0.25) is 4.79 Å². The highest BCUT2D eigenvalue weighted by atomic mass is 35.5. The Kier molecular flexibility index (Phi) is 7.22. The second-order valence-electron chi connectivity index (χ2n) is 4.98. The van der Waals surface area contributed by atoms with E-state index in [4.69, 9.17) is 37.4 Å². The third-order valence-electron chi connectivity index (χ3n) is 3.26. The molecule has 2 aromatic rings. The van der Waals surface area contributed by atoms with Gasteiger partial charge >= 0.3 is 0 Å². The number of benzene rings is 2. The van der Waals surface area contributed by atoms with Crippen LogP contribution in [-0.4, -0.2) is 32.8 Å². The van der Waals surface area contributed by atoms with Gasteiger partial charge in [0.25, 0.3) is 5.91 Å². The minimum Gasteiger partial charge on any atom is -0.497 e. The van der Waals surface area contributed by atoms with E-state index in [1.165, 1.54) is 12.1 Å². The Balaban J connectivity index is 1.85. The summed E-state index contributed by atoms with van der Waals surface area (Å²) in [5, 5.41) is 3.35. The Hall–Kier alpha value is -2.11. The van der Waals surface area contributed by atoms with Crippen molar-refractivity contribution in [2.75, 3.05) is 26.9 Å². The molecule has 0 bridgehead atoms. The number of halogens is 2. The predicted octanol–water partition coefficient (Wildman–Crippen LogP) is 4.21. The summed E-state index contributed by atoms with van der Waals surface area (Å²) in [6.45, 7) is 2.94. The molecule has 1 N–H and O–H groups in total. The van der Waals surface area contributed by atoms with E-state index in [0.717, 1.165) is 5.75 Å². The summed E-state index contributed by atoms with van der Waals surface area (Å²) in [7, 11) is 1.60. The monoisotopic (exact) mass is 383 g/mol. The molecule has 0 atom stereocenters. The van der Waals surface area contributed by atoms with Crippen LogP contribution in [0.4, 0.5) is 0 Å². The van der Waals surface area contributed by atoms with E-state index >= 15 is 0 Å². The number of methoxy groups -OCH3 is 1. The summed E-state index contributed by atoms with van der Waals surface area (Å²) in [4.78, 5) is 12.2. The van der Waals surface area contributed by atoms with E-state index in [1.54, 1.807) is 31.4 Å². The van der Waals surface area contributed by atoms with Crippen molar-refractivity contribution in [3.8, 4) is 17.2 Å². The van der Waals surface area contributed by atoms with Crippen LogP contribution in [0.1, 0.15) is 17.3 Å². The first kappa shape index (κ1) is 19.2. The zero-order valence-corrected chi connectivity index (χ0v) is 15.5. The van der Waals surface area contributed by atoms with Crippen LogP contribution in [0, 0.1) is 0 Å². The molecule has 2 aromatic carbocycles. The van der Waals surface area contributed by atoms with Crippen molar-refractivity contribution >= 4 is 29.1 Å². The Morgan fingerprint density at radius 3 is 2.20 bits per heavy atom. The first-order valence-electron chi connectivity index (χ1n) is 7.72. The number of carbonyl (C=O) groups excluding carboxylic acids is 1. The lowest BCUT2D eigenvalue weighted by Gasteiger charge is -2.11. The molecule has 0 saturated carbocycles. The van der Waals surface area contributed by atoms with Gasteiger partial charge in [-0.1, -0.05) is 23.2 Å². The zero-order valence-electron chi connectivity index (χ0n) is 14.0. The second kappa shape index (κ2) is 9.39. The maximum absolute atomic E-state index is 12.2. The van der Waals surface area contributed by atoms with E-state index in [0.29, 0.717) is 46.9 Å². The molecule has 0 saturated heterocycles. The Labute approximate surface area is 156 Å². The third-order valence-corrected chi connectivity index (χ3v) is 3.83. The summed E-state index contributed by atoms with van der Waals surface area (Å²) in [6.07, 6.45) is 0. The molecular weight excluding hydrogens is 365 g/mol. The Morgan fingerprint density at radius 1 is 1.04 bits per heavy atom. The predicted molar refractivity (Wildman–Crippen MR) is 98.5 cm³/mol. The van der Waals surface area contributed by atoms with E-state index in [1.807, 2.05) is 6.92 Å². The molecule has 0 aromatic heterocycles. The molecule has 2 rings (SSSR count). The fraction of sp³-hybridized carbons (Fsp3) is 0.278.